The van der Waals surface area contributed by atoms with Gasteiger partial charge in [-0.05, 0) is 37.9 Å². The molecule has 16 heavy (non-hydrogen) atoms. The second-order valence-electron chi connectivity index (χ2n) is 4.18. The van der Waals surface area contributed by atoms with Crippen LogP contribution >= 0.6 is 0 Å². The number of piperidine rings is 1. The zero-order chi connectivity index (χ0) is 11.4. The minimum Gasteiger partial charge on any atom is -0.324 e. The average molecular weight is 219 g/mol. The highest BCUT2D eigenvalue weighted by Gasteiger charge is 2.20. The van der Waals surface area contributed by atoms with Crippen molar-refractivity contribution in [2.75, 3.05) is 11.9 Å². The van der Waals surface area contributed by atoms with Crippen LogP contribution in [0.2, 0.25) is 0 Å². The summed E-state index contributed by atoms with van der Waals surface area (Å²) in [5.41, 5.74) is 1.85. The Kier molecular flexibility index (Phi) is 3.51. The molecule has 4 nitrogen and oxygen atoms in total. The van der Waals surface area contributed by atoms with Gasteiger partial charge in [0.1, 0.15) is 0 Å². The number of hydrogen-bond donors (Lipinski definition) is 2. The van der Waals surface area contributed by atoms with Gasteiger partial charge in [-0.2, -0.15) is 0 Å². The van der Waals surface area contributed by atoms with E-state index in [1.54, 1.807) is 12.4 Å². The minimum absolute atomic E-state index is 0.0404. The van der Waals surface area contributed by atoms with Crippen molar-refractivity contribution in [1.82, 2.24) is 10.3 Å². The van der Waals surface area contributed by atoms with Crippen molar-refractivity contribution in [2.45, 2.75) is 32.2 Å². The lowest BCUT2D eigenvalue weighted by Crippen LogP contribution is -2.43. The zero-order valence-electron chi connectivity index (χ0n) is 9.49. The van der Waals surface area contributed by atoms with Crippen LogP contribution in [0.5, 0.6) is 0 Å². The first-order valence-corrected chi connectivity index (χ1v) is 5.72. The molecule has 1 aliphatic rings. The molecule has 1 aromatic heterocycles. The van der Waals surface area contributed by atoms with Gasteiger partial charge in [-0.25, -0.2) is 0 Å². The molecule has 0 spiro atoms. The lowest BCUT2D eigenvalue weighted by atomic mass is 10.0. The van der Waals surface area contributed by atoms with Crippen LogP contribution in [0.15, 0.2) is 18.5 Å². The Morgan fingerprint density at radius 3 is 3.12 bits per heavy atom. The van der Waals surface area contributed by atoms with Gasteiger partial charge in [-0.15, -0.1) is 0 Å². The number of amides is 1. The van der Waals surface area contributed by atoms with E-state index >= 15 is 0 Å². The molecular weight excluding hydrogens is 202 g/mol. The van der Waals surface area contributed by atoms with Crippen LogP contribution in [0.25, 0.3) is 0 Å². The van der Waals surface area contributed by atoms with E-state index in [9.17, 15) is 4.79 Å². The third-order valence-corrected chi connectivity index (χ3v) is 2.90. The molecule has 1 amide bonds. The highest BCUT2D eigenvalue weighted by atomic mass is 16.2. The summed E-state index contributed by atoms with van der Waals surface area (Å²) < 4.78 is 0. The summed E-state index contributed by atoms with van der Waals surface area (Å²) in [4.78, 5) is 15.9. The van der Waals surface area contributed by atoms with E-state index in [-0.39, 0.29) is 11.9 Å². The quantitative estimate of drug-likeness (QED) is 0.792. The number of rotatable bonds is 2. The third-order valence-electron chi connectivity index (χ3n) is 2.90. The lowest BCUT2D eigenvalue weighted by Gasteiger charge is -2.22. The van der Waals surface area contributed by atoms with Gasteiger partial charge in [0.05, 0.1) is 6.04 Å². The Morgan fingerprint density at radius 1 is 1.56 bits per heavy atom. The fourth-order valence-electron chi connectivity index (χ4n) is 1.91. The Morgan fingerprint density at radius 2 is 2.44 bits per heavy atom. The van der Waals surface area contributed by atoms with E-state index in [0.717, 1.165) is 37.1 Å². The number of hydrogen-bond acceptors (Lipinski definition) is 3. The molecule has 2 rings (SSSR count). The monoisotopic (exact) mass is 219 g/mol. The van der Waals surface area contributed by atoms with Crippen molar-refractivity contribution in [3.05, 3.63) is 24.0 Å². The summed E-state index contributed by atoms with van der Waals surface area (Å²) in [5.74, 6) is 0.0639. The van der Waals surface area contributed by atoms with Gasteiger partial charge in [0.15, 0.2) is 0 Å². The smallest absolute Gasteiger partial charge is 0.241 e. The number of nitrogens with zero attached hydrogens (tertiary/aromatic N) is 1. The van der Waals surface area contributed by atoms with E-state index in [1.807, 2.05) is 13.0 Å². The SMILES string of the molecule is Cc1cnccc1NC(=O)C1CCCCN1. The van der Waals surface area contributed by atoms with Gasteiger partial charge in [-0.3, -0.25) is 9.78 Å². The second-order valence-corrected chi connectivity index (χ2v) is 4.18. The zero-order valence-corrected chi connectivity index (χ0v) is 9.49. The maximum absolute atomic E-state index is 11.9. The molecule has 1 atom stereocenters. The number of anilines is 1. The number of aryl methyl sites for hydroxylation is 1. The van der Waals surface area contributed by atoms with Crippen LogP contribution in [-0.4, -0.2) is 23.5 Å². The number of carbonyl (C=O) groups excluding carboxylic acids is 1. The number of aromatic nitrogens is 1. The van der Waals surface area contributed by atoms with E-state index in [0.29, 0.717) is 0 Å². The first kappa shape index (κ1) is 11.1. The van der Waals surface area contributed by atoms with Crippen LogP contribution in [0, 0.1) is 6.92 Å². The van der Waals surface area contributed by atoms with Gasteiger partial charge < -0.3 is 10.6 Å². The first-order valence-electron chi connectivity index (χ1n) is 5.72. The first-order chi connectivity index (χ1) is 7.77. The Bertz CT molecular complexity index is 372. The molecule has 0 bridgehead atoms. The van der Waals surface area contributed by atoms with Gasteiger partial charge in [-0.1, -0.05) is 6.42 Å². The molecular formula is C12H17N3O. The maximum Gasteiger partial charge on any atom is 0.241 e. The van der Waals surface area contributed by atoms with Crippen molar-refractivity contribution in [2.24, 2.45) is 0 Å². The summed E-state index contributed by atoms with van der Waals surface area (Å²) in [6, 6.07) is 1.79. The molecule has 86 valence electrons. The van der Waals surface area contributed by atoms with Gasteiger partial charge >= 0.3 is 0 Å². The minimum atomic E-state index is -0.0404. The van der Waals surface area contributed by atoms with E-state index in [4.69, 9.17) is 0 Å². The summed E-state index contributed by atoms with van der Waals surface area (Å²) in [7, 11) is 0. The summed E-state index contributed by atoms with van der Waals surface area (Å²) in [6.07, 6.45) is 6.66. The van der Waals surface area contributed by atoms with Crippen LogP contribution in [0.4, 0.5) is 5.69 Å². The van der Waals surface area contributed by atoms with Crippen LogP contribution in [0.1, 0.15) is 24.8 Å². The highest BCUT2D eigenvalue weighted by Crippen LogP contribution is 2.14. The fourth-order valence-corrected chi connectivity index (χ4v) is 1.91. The molecule has 1 unspecified atom stereocenters. The Hall–Kier alpha value is -1.42. The predicted molar refractivity (Wildman–Crippen MR) is 63.2 cm³/mol. The molecule has 1 fully saturated rings. The van der Waals surface area contributed by atoms with Crippen molar-refractivity contribution < 1.29 is 4.79 Å². The predicted octanol–water partition coefficient (Wildman–Crippen LogP) is 1.47. The molecule has 0 aliphatic carbocycles. The summed E-state index contributed by atoms with van der Waals surface area (Å²) in [6.45, 7) is 2.88. The average Bonchev–Trinajstić information content (AvgIpc) is 2.33. The molecule has 4 heteroatoms. The molecule has 0 saturated carbocycles. The lowest BCUT2D eigenvalue weighted by molar-refractivity contribution is -0.118. The van der Waals surface area contributed by atoms with Crippen LogP contribution < -0.4 is 10.6 Å². The molecule has 0 radical (unpaired) electrons. The molecule has 0 aromatic carbocycles. The van der Waals surface area contributed by atoms with E-state index in [2.05, 4.69) is 15.6 Å². The Balaban J connectivity index is 1.99. The molecule has 1 saturated heterocycles. The summed E-state index contributed by atoms with van der Waals surface area (Å²) >= 11 is 0. The van der Waals surface area contributed by atoms with Crippen LogP contribution in [-0.2, 0) is 4.79 Å². The number of nitrogens with one attached hydrogen (secondary N) is 2. The number of carbonyl (C=O) groups is 1. The topological polar surface area (TPSA) is 54.0 Å². The van der Waals surface area contributed by atoms with E-state index in [1.165, 1.54) is 0 Å². The van der Waals surface area contributed by atoms with Gasteiger partial charge in [0.2, 0.25) is 5.91 Å². The van der Waals surface area contributed by atoms with Crippen molar-refractivity contribution in [3.63, 3.8) is 0 Å². The van der Waals surface area contributed by atoms with E-state index < -0.39 is 0 Å². The molecule has 2 heterocycles. The second kappa shape index (κ2) is 5.07. The van der Waals surface area contributed by atoms with Crippen molar-refractivity contribution in [1.29, 1.82) is 0 Å². The van der Waals surface area contributed by atoms with Crippen molar-refractivity contribution in [3.8, 4) is 0 Å². The Labute approximate surface area is 95.5 Å². The van der Waals surface area contributed by atoms with Crippen LogP contribution in [0.3, 0.4) is 0 Å². The fraction of sp³-hybridized carbons (Fsp3) is 0.500. The number of pyridine rings is 1. The standard InChI is InChI=1S/C12H17N3O/c1-9-8-13-7-5-10(9)15-12(16)11-4-2-3-6-14-11/h5,7-8,11,14H,2-4,6H2,1H3,(H,13,15,16). The molecule has 1 aromatic rings. The normalized spacial score (nSPS) is 20.4. The third kappa shape index (κ3) is 2.58. The van der Waals surface area contributed by atoms with Gasteiger partial charge in [0.25, 0.3) is 0 Å². The maximum atomic E-state index is 11.9. The largest absolute Gasteiger partial charge is 0.324 e. The molecule has 2 N–H and O–H groups in total. The van der Waals surface area contributed by atoms with Gasteiger partial charge in [0, 0.05) is 18.1 Å². The highest BCUT2D eigenvalue weighted by molar-refractivity contribution is 5.95. The summed E-state index contributed by atoms with van der Waals surface area (Å²) in [5, 5.41) is 6.17. The van der Waals surface area contributed by atoms with Crippen molar-refractivity contribution >= 4 is 11.6 Å². The molecule has 1 aliphatic heterocycles.